The number of hydrogen-bond acceptors (Lipinski definition) is 1. The van der Waals surface area contributed by atoms with Crippen LogP contribution in [0.25, 0.3) is 0 Å². The molecule has 0 fully saturated rings. The molecule has 0 saturated carbocycles. The van der Waals surface area contributed by atoms with E-state index in [1.165, 1.54) is 55.4 Å². The monoisotopic (exact) mass is 436 g/mol. The Kier molecular flexibility index (Phi) is 12.3. The van der Waals surface area contributed by atoms with Crippen LogP contribution in [0.4, 0.5) is 0 Å². The van der Waals surface area contributed by atoms with Gasteiger partial charge in [-0.05, 0) is 0 Å². The van der Waals surface area contributed by atoms with Gasteiger partial charge in [0.2, 0.25) is 0 Å². The molecule has 0 rings (SSSR count). The molecule has 0 aliphatic rings. The first-order valence-electron chi connectivity index (χ1n) is 9.07. The normalized spacial score (nSPS) is 14.0. The van der Waals surface area contributed by atoms with Crippen LogP contribution in [0.1, 0.15) is 73.1 Å². The summed E-state index contributed by atoms with van der Waals surface area (Å²) in [5.41, 5.74) is 0.908. The van der Waals surface area contributed by atoms with Gasteiger partial charge in [-0.25, -0.2) is 0 Å². The molecular formula is C19H37ClOSn. The maximum absolute atomic E-state index is 10.3. The Morgan fingerprint density at radius 1 is 0.955 bits per heavy atom. The van der Waals surface area contributed by atoms with Crippen molar-refractivity contribution in [3.8, 4) is 0 Å². The molecule has 0 heterocycles. The molecule has 0 atom stereocenters. The van der Waals surface area contributed by atoms with E-state index >= 15 is 0 Å². The average Bonchev–Trinajstić information content (AvgIpc) is 2.45. The molecule has 0 aliphatic heterocycles. The summed E-state index contributed by atoms with van der Waals surface area (Å²) in [7, 11) is 0. The van der Waals surface area contributed by atoms with Crippen LogP contribution in [0.15, 0.2) is 21.3 Å². The van der Waals surface area contributed by atoms with Gasteiger partial charge >= 0.3 is 148 Å². The number of allylic oxidation sites excluding steroid dienone is 2. The quantitative estimate of drug-likeness (QED) is 0.263. The van der Waals surface area contributed by atoms with Crippen LogP contribution in [0.2, 0.25) is 13.3 Å². The molecule has 0 aromatic carbocycles. The molecule has 1 nitrogen and oxygen atoms in total. The summed E-state index contributed by atoms with van der Waals surface area (Å²) >= 11 is 3.48. The summed E-state index contributed by atoms with van der Waals surface area (Å²) in [6, 6.07) is 0. The number of hydrogen-bond donors (Lipinski definition) is 1. The van der Waals surface area contributed by atoms with E-state index < -0.39 is 24.0 Å². The molecule has 1 N–H and O–H groups in total. The topological polar surface area (TPSA) is 20.2 Å². The van der Waals surface area contributed by atoms with E-state index in [0.29, 0.717) is 0 Å². The third-order valence-electron chi connectivity index (χ3n) is 4.39. The van der Waals surface area contributed by atoms with Crippen LogP contribution in [-0.2, 0) is 0 Å². The van der Waals surface area contributed by atoms with Crippen LogP contribution >= 0.6 is 11.6 Å². The molecular weight excluding hydrogens is 398 g/mol. The zero-order valence-electron chi connectivity index (χ0n) is 15.4. The van der Waals surface area contributed by atoms with Crippen molar-refractivity contribution < 1.29 is 5.11 Å². The van der Waals surface area contributed by atoms with Crippen LogP contribution in [0, 0.1) is 0 Å². The van der Waals surface area contributed by atoms with E-state index in [4.69, 9.17) is 11.6 Å². The SMILES string of the molecule is CCC[CH2][Sn]([CH2]CCC)([CH2]CCC)[C](/C=C\Cl)=C/C(C)(C)O. The molecule has 130 valence electrons. The summed E-state index contributed by atoms with van der Waals surface area (Å²) in [6.07, 6.45) is 12.0. The zero-order chi connectivity index (χ0) is 17.1. The molecule has 0 aromatic heterocycles. The average molecular weight is 436 g/mol. The minimum absolute atomic E-state index is 0.751. The molecule has 0 aliphatic carbocycles. The fourth-order valence-electron chi connectivity index (χ4n) is 3.18. The zero-order valence-corrected chi connectivity index (χ0v) is 19.0. The van der Waals surface area contributed by atoms with Gasteiger partial charge in [0.15, 0.2) is 0 Å². The summed E-state index contributed by atoms with van der Waals surface area (Å²) in [5, 5.41) is 10.3. The number of aliphatic hydroxyl groups is 1. The molecule has 22 heavy (non-hydrogen) atoms. The third-order valence-corrected chi connectivity index (χ3v) is 20.1. The molecule has 0 saturated heterocycles. The molecule has 0 aromatic rings. The molecule has 0 bridgehead atoms. The van der Waals surface area contributed by atoms with E-state index in [1.54, 1.807) is 5.54 Å². The van der Waals surface area contributed by atoms with E-state index in [2.05, 4.69) is 32.9 Å². The van der Waals surface area contributed by atoms with Crippen LogP contribution in [0.5, 0.6) is 0 Å². The standard InChI is InChI=1S/C7H10ClO.3C4H9.Sn/c1-7(2,9)5-3-4-6-8;3*1-3-4-2;/h4-6,9H,1-2H3;3*1,3-4H2,2H3;/b5-3?,6-4-;;;;. The molecule has 3 heteroatoms. The van der Waals surface area contributed by atoms with E-state index in [-0.39, 0.29) is 0 Å². The van der Waals surface area contributed by atoms with Crippen molar-refractivity contribution in [1.29, 1.82) is 0 Å². The Labute approximate surface area is 148 Å². The van der Waals surface area contributed by atoms with Gasteiger partial charge in [-0.2, -0.15) is 0 Å². The Balaban J connectivity index is 5.71. The van der Waals surface area contributed by atoms with Crippen molar-refractivity contribution in [3.05, 3.63) is 21.3 Å². The Morgan fingerprint density at radius 2 is 1.36 bits per heavy atom. The second kappa shape index (κ2) is 12.0. The number of rotatable bonds is 12. The second-order valence-electron chi connectivity index (χ2n) is 7.14. The van der Waals surface area contributed by atoms with Gasteiger partial charge < -0.3 is 0 Å². The van der Waals surface area contributed by atoms with Crippen molar-refractivity contribution in [1.82, 2.24) is 0 Å². The van der Waals surface area contributed by atoms with Gasteiger partial charge in [0, 0.05) is 0 Å². The van der Waals surface area contributed by atoms with Crippen molar-refractivity contribution in [2.75, 3.05) is 0 Å². The maximum atomic E-state index is 10.3. The summed E-state index contributed by atoms with van der Waals surface area (Å²) in [4.78, 5) is 0. The molecule has 0 amide bonds. The minimum atomic E-state index is -2.48. The van der Waals surface area contributed by atoms with Gasteiger partial charge in [-0.15, -0.1) is 0 Å². The Bertz CT molecular complexity index is 320. The van der Waals surface area contributed by atoms with E-state index in [9.17, 15) is 5.11 Å². The van der Waals surface area contributed by atoms with Crippen molar-refractivity contribution in [2.24, 2.45) is 0 Å². The first-order chi connectivity index (χ1) is 10.3. The van der Waals surface area contributed by atoms with Crippen molar-refractivity contribution >= 4 is 30.0 Å². The van der Waals surface area contributed by atoms with Crippen molar-refractivity contribution in [2.45, 2.75) is 92.1 Å². The second-order valence-corrected chi connectivity index (χ2v) is 20.6. The number of unbranched alkanes of at least 4 members (excludes halogenated alkanes) is 3. The summed E-state index contributed by atoms with van der Waals surface area (Å²) < 4.78 is 5.63. The summed E-state index contributed by atoms with van der Waals surface area (Å²) in [5.74, 6) is 0. The van der Waals surface area contributed by atoms with Gasteiger partial charge in [-0.1, -0.05) is 0 Å². The fraction of sp³-hybridized carbons (Fsp3) is 0.789. The fourth-order valence-corrected chi connectivity index (χ4v) is 20.2. The van der Waals surface area contributed by atoms with Gasteiger partial charge in [0.05, 0.1) is 0 Å². The first-order valence-corrected chi connectivity index (χ1v) is 17.0. The van der Waals surface area contributed by atoms with E-state index in [1.807, 2.05) is 13.8 Å². The molecule has 0 unspecified atom stereocenters. The van der Waals surface area contributed by atoms with Crippen LogP contribution in [-0.4, -0.2) is 29.1 Å². The molecule has 0 radical (unpaired) electrons. The van der Waals surface area contributed by atoms with Crippen LogP contribution < -0.4 is 0 Å². The first kappa shape index (κ1) is 22.5. The van der Waals surface area contributed by atoms with Crippen LogP contribution in [0.3, 0.4) is 0 Å². The van der Waals surface area contributed by atoms with Gasteiger partial charge in [0.25, 0.3) is 0 Å². The third kappa shape index (κ3) is 8.98. The molecule has 0 spiro atoms. The van der Waals surface area contributed by atoms with E-state index in [0.717, 1.165) is 0 Å². The summed E-state index contributed by atoms with van der Waals surface area (Å²) in [6.45, 7) is 10.6. The van der Waals surface area contributed by atoms with Gasteiger partial charge in [-0.3, -0.25) is 0 Å². The van der Waals surface area contributed by atoms with Gasteiger partial charge in [0.1, 0.15) is 0 Å². The predicted octanol–water partition coefficient (Wildman–Crippen LogP) is 6.82. The Morgan fingerprint density at radius 3 is 1.64 bits per heavy atom. The number of halogens is 1. The predicted molar refractivity (Wildman–Crippen MR) is 104 cm³/mol. The van der Waals surface area contributed by atoms with Crippen molar-refractivity contribution in [3.63, 3.8) is 0 Å². The Hall–Kier alpha value is 0.529.